The maximum absolute atomic E-state index is 5.84. The maximum atomic E-state index is 5.84. The van der Waals surface area contributed by atoms with E-state index >= 15 is 0 Å². The van der Waals surface area contributed by atoms with Crippen LogP contribution in [-0.2, 0) is 0 Å². The molecule has 0 aliphatic carbocycles. The monoisotopic (exact) mass is 293 g/mol. The molecule has 1 aromatic heterocycles. The average Bonchev–Trinajstić information content (AvgIpc) is 2.46. The number of ether oxygens (including phenoxy) is 1. The second-order valence-electron chi connectivity index (χ2n) is 4.14. The molecule has 1 aromatic carbocycles. The molecule has 1 heterocycles. The number of methoxy groups -OCH3 is 1. The zero-order valence-corrected chi connectivity index (χ0v) is 12.3. The molecule has 2 aromatic rings. The van der Waals surface area contributed by atoms with Crippen LogP contribution in [0.2, 0.25) is 5.28 Å². The predicted octanol–water partition coefficient (Wildman–Crippen LogP) is 2.75. The van der Waals surface area contributed by atoms with Crippen molar-refractivity contribution in [3.8, 4) is 5.75 Å². The van der Waals surface area contributed by atoms with E-state index in [9.17, 15) is 0 Å². The summed E-state index contributed by atoms with van der Waals surface area (Å²) in [7, 11) is 3.37. The Bertz CT molecular complexity index is 575. The third-order valence-electron chi connectivity index (χ3n) is 2.79. The van der Waals surface area contributed by atoms with Crippen LogP contribution in [0.1, 0.15) is 18.5 Å². The lowest BCUT2D eigenvalue weighted by Crippen LogP contribution is -2.11. The van der Waals surface area contributed by atoms with E-state index in [-0.39, 0.29) is 11.3 Å². The van der Waals surface area contributed by atoms with Crippen LogP contribution in [0.25, 0.3) is 0 Å². The first-order valence-electron chi connectivity index (χ1n) is 6.12. The fourth-order valence-electron chi connectivity index (χ4n) is 1.70. The summed E-state index contributed by atoms with van der Waals surface area (Å²) >= 11 is 5.84. The number of hydrogen-bond donors (Lipinski definition) is 2. The van der Waals surface area contributed by atoms with Crippen molar-refractivity contribution in [2.24, 2.45) is 0 Å². The Hall–Kier alpha value is -2.08. The Morgan fingerprint density at radius 2 is 1.75 bits per heavy atom. The molecule has 0 aliphatic rings. The summed E-state index contributed by atoms with van der Waals surface area (Å²) in [5.74, 6) is 1.67. The van der Waals surface area contributed by atoms with Crippen molar-refractivity contribution in [1.82, 2.24) is 15.0 Å². The van der Waals surface area contributed by atoms with Crippen LogP contribution < -0.4 is 15.4 Å². The number of anilines is 2. The quantitative estimate of drug-likeness (QED) is 0.883. The van der Waals surface area contributed by atoms with Crippen molar-refractivity contribution in [2.75, 3.05) is 24.8 Å². The van der Waals surface area contributed by atoms with E-state index in [1.807, 2.05) is 31.2 Å². The Labute approximate surface area is 122 Å². The van der Waals surface area contributed by atoms with Crippen molar-refractivity contribution >= 4 is 23.5 Å². The number of hydrogen-bond acceptors (Lipinski definition) is 6. The number of rotatable bonds is 5. The van der Waals surface area contributed by atoms with Gasteiger partial charge < -0.3 is 15.4 Å². The lowest BCUT2D eigenvalue weighted by molar-refractivity contribution is 0.414. The van der Waals surface area contributed by atoms with Gasteiger partial charge in [0.15, 0.2) is 0 Å². The highest BCUT2D eigenvalue weighted by Gasteiger charge is 2.09. The zero-order chi connectivity index (χ0) is 14.5. The van der Waals surface area contributed by atoms with E-state index in [2.05, 4.69) is 25.6 Å². The van der Waals surface area contributed by atoms with Crippen LogP contribution in [0, 0.1) is 0 Å². The second kappa shape index (κ2) is 6.38. The lowest BCUT2D eigenvalue weighted by atomic mass is 10.1. The van der Waals surface area contributed by atoms with Gasteiger partial charge in [-0.2, -0.15) is 15.0 Å². The zero-order valence-electron chi connectivity index (χ0n) is 11.5. The fourth-order valence-corrected chi connectivity index (χ4v) is 1.86. The SMILES string of the molecule is CNc1nc(Cl)nc(NC(C)c2ccc(OC)cc2)n1. The van der Waals surface area contributed by atoms with Gasteiger partial charge in [-0.1, -0.05) is 12.1 Å². The summed E-state index contributed by atoms with van der Waals surface area (Å²) in [6, 6.07) is 7.82. The highest BCUT2D eigenvalue weighted by atomic mass is 35.5. The first kappa shape index (κ1) is 14.3. The second-order valence-corrected chi connectivity index (χ2v) is 4.48. The van der Waals surface area contributed by atoms with Crippen molar-refractivity contribution in [3.63, 3.8) is 0 Å². The van der Waals surface area contributed by atoms with Crippen molar-refractivity contribution in [2.45, 2.75) is 13.0 Å². The predicted molar refractivity (Wildman–Crippen MR) is 79.4 cm³/mol. The Morgan fingerprint density at radius 1 is 1.10 bits per heavy atom. The van der Waals surface area contributed by atoms with Gasteiger partial charge in [-0.15, -0.1) is 0 Å². The minimum absolute atomic E-state index is 0.0316. The van der Waals surface area contributed by atoms with Crippen LogP contribution >= 0.6 is 11.6 Å². The molecule has 0 radical (unpaired) electrons. The Balaban J connectivity index is 2.13. The molecule has 0 saturated carbocycles. The molecular formula is C13H16ClN5O. The standard InChI is InChI=1S/C13H16ClN5O/c1-8(9-4-6-10(20-3)7-5-9)16-13-18-11(14)17-12(15-2)19-13/h4-8H,1-3H3,(H2,15,16,17,18,19). The molecule has 2 rings (SSSR count). The number of benzene rings is 1. The molecule has 1 unspecified atom stereocenters. The van der Waals surface area contributed by atoms with Gasteiger partial charge in [0.1, 0.15) is 5.75 Å². The number of nitrogens with one attached hydrogen (secondary N) is 2. The van der Waals surface area contributed by atoms with Gasteiger partial charge in [0.2, 0.25) is 17.2 Å². The summed E-state index contributed by atoms with van der Waals surface area (Å²) in [6.45, 7) is 2.01. The van der Waals surface area contributed by atoms with Crippen LogP contribution in [0.3, 0.4) is 0 Å². The maximum Gasteiger partial charge on any atom is 0.229 e. The van der Waals surface area contributed by atoms with Gasteiger partial charge >= 0.3 is 0 Å². The van der Waals surface area contributed by atoms with Gasteiger partial charge in [-0.05, 0) is 36.2 Å². The molecule has 1 atom stereocenters. The third-order valence-corrected chi connectivity index (χ3v) is 2.96. The third kappa shape index (κ3) is 3.48. The first-order chi connectivity index (χ1) is 9.62. The lowest BCUT2D eigenvalue weighted by Gasteiger charge is -2.15. The molecule has 106 valence electrons. The van der Waals surface area contributed by atoms with Gasteiger partial charge in [0.05, 0.1) is 13.2 Å². The molecule has 0 fully saturated rings. The number of aromatic nitrogens is 3. The molecule has 0 amide bonds. The topological polar surface area (TPSA) is 72.0 Å². The number of halogens is 1. The molecule has 6 nitrogen and oxygen atoms in total. The largest absolute Gasteiger partial charge is 0.497 e. The van der Waals surface area contributed by atoms with Gasteiger partial charge in [-0.3, -0.25) is 0 Å². The summed E-state index contributed by atoms with van der Waals surface area (Å²) < 4.78 is 5.13. The van der Waals surface area contributed by atoms with E-state index in [4.69, 9.17) is 16.3 Å². The van der Waals surface area contributed by atoms with E-state index in [1.54, 1.807) is 14.2 Å². The van der Waals surface area contributed by atoms with E-state index in [1.165, 1.54) is 0 Å². The summed E-state index contributed by atoms with van der Waals surface area (Å²) in [6.07, 6.45) is 0. The van der Waals surface area contributed by atoms with Gasteiger partial charge in [0, 0.05) is 7.05 Å². The number of nitrogens with zero attached hydrogens (tertiary/aromatic N) is 3. The average molecular weight is 294 g/mol. The van der Waals surface area contributed by atoms with Gasteiger partial charge in [0.25, 0.3) is 0 Å². The van der Waals surface area contributed by atoms with Crippen LogP contribution in [0.4, 0.5) is 11.9 Å². The van der Waals surface area contributed by atoms with Crippen molar-refractivity contribution in [1.29, 1.82) is 0 Å². The molecular weight excluding hydrogens is 278 g/mol. The van der Waals surface area contributed by atoms with Crippen molar-refractivity contribution in [3.05, 3.63) is 35.1 Å². The normalized spacial score (nSPS) is 11.8. The molecule has 0 bridgehead atoms. The molecule has 0 aliphatic heterocycles. The molecule has 7 heteroatoms. The van der Waals surface area contributed by atoms with Crippen LogP contribution in [0.5, 0.6) is 5.75 Å². The minimum Gasteiger partial charge on any atom is -0.497 e. The molecule has 2 N–H and O–H groups in total. The Morgan fingerprint density at radius 3 is 2.35 bits per heavy atom. The summed E-state index contributed by atoms with van der Waals surface area (Å²) in [5, 5.41) is 6.16. The van der Waals surface area contributed by atoms with E-state index in [0.717, 1.165) is 11.3 Å². The fraction of sp³-hybridized carbons (Fsp3) is 0.308. The highest BCUT2D eigenvalue weighted by Crippen LogP contribution is 2.20. The van der Waals surface area contributed by atoms with Gasteiger partial charge in [-0.25, -0.2) is 0 Å². The highest BCUT2D eigenvalue weighted by molar-refractivity contribution is 6.28. The van der Waals surface area contributed by atoms with Crippen LogP contribution in [0.15, 0.2) is 24.3 Å². The summed E-state index contributed by atoms with van der Waals surface area (Å²) in [5.41, 5.74) is 1.09. The van der Waals surface area contributed by atoms with E-state index in [0.29, 0.717) is 11.9 Å². The summed E-state index contributed by atoms with van der Waals surface area (Å²) in [4.78, 5) is 12.2. The van der Waals surface area contributed by atoms with E-state index < -0.39 is 0 Å². The first-order valence-corrected chi connectivity index (χ1v) is 6.50. The molecule has 0 saturated heterocycles. The van der Waals surface area contributed by atoms with Crippen LogP contribution in [-0.4, -0.2) is 29.1 Å². The molecule has 20 heavy (non-hydrogen) atoms. The smallest absolute Gasteiger partial charge is 0.229 e. The minimum atomic E-state index is 0.0316. The van der Waals surface area contributed by atoms with Crippen molar-refractivity contribution < 1.29 is 4.74 Å². The molecule has 0 spiro atoms. The Kier molecular flexibility index (Phi) is 4.57.